The molecule has 1 aliphatic rings. The van der Waals surface area contributed by atoms with Gasteiger partial charge in [-0.05, 0) is 43.1 Å². The Hall–Kier alpha value is -4.24. The van der Waals surface area contributed by atoms with Crippen molar-refractivity contribution in [2.45, 2.75) is 19.4 Å². The number of pyridine rings is 1. The zero-order chi connectivity index (χ0) is 25.0. The van der Waals surface area contributed by atoms with Gasteiger partial charge in [0, 0.05) is 50.2 Å². The number of nitrogens with zero attached hydrogens (tertiary/aromatic N) is 7. The summed E-state index contributed by atoms with van der Waals surface area (Å²) in [6, 6.07) is 14.4. The monoisotopic (exact) mass is 494 g/mol. The summed E-state index contributed by atoms with van der Waals surface area (Å²) in [7, 11) is 1.92. The molecule has 0 radical (unpaired) electrons. The van der Waals surface area contributed by atoms with Crippen LogP contribution < -0.4 is 10.1 Å². The van der Waals surface area contributed by atoms with Crippen molar-refractivity contribution in [3.8, 4) is 28.3 Å². The van der Waals surface area contributed by atoms with E-state index in [1.165, 1.54) is 31.5 Å². The third kappa shape index (κ3) is 5.31. The fraction of sp³-hybridized carbons (Fsp3) is 0.286. The van der Waals surface area contributed by atoms with E-state index in [1.54, 1.807) is 6.33 Å². The van der Waals surface area contributed by atoms with Gasteiger partial charge in [0.05, 0.1) is 23.8 Å². The normalized spacial score (nSPS) is 13.9. The van der Waals surface area contributed by atoms with Crippen LogP contribution in [-0.2, 0) is 13.6 Å². The van der Waals surface area contributed by atoms with Gasteiger partial charge < -0.3 is 10.1 Å². The molecule has 4 aromatic heterocycles. The Morgan fingerprint density at radius 2 is 1.81 bits per heavy atom. The Morgan fingerprint density at radius 1 is 0.946 bits per heavy atom. The molecule has 188 valence electrons. The first-order valence-corrected chi connectivity index (χ1v) is 12.7. The molecule has 0 aliphatic carbocycles. The van der Waals surface area contributed by atoms with E-state index in [0.717, 1.165) is 46.3 Å². The van der Waals surface area contributed by atoms with Crippen molar-refractivity contribution in [1.29, 1.82) is 0 Å². The van der Waals surface area contributed by atoms with E-state index in [4.69, 9.17) is 4.74 Å². The average Bonchev–Trinajstić information content (AvgIpc) is 3.69. The van der Waals surface area contributed by atoms with Crippen LogP contribution in [0.25, 0.3) is 28.2 Å². The number of nitrogens with one attached hydrogen (secondary N) is 1. The molecule has 0 atom stereocenters. The zero-order valence-electron chi connectivity index (χ0n) is 20.9. The number of rotatable bonds is 9. The molecule has 0 spiro atoms. The summed E-state index contributed by atoms with van der Waals surface area (Å²) in [6.45, 7) is 4.68. The third-order valence-corrected chi connectivity index (χ3v) is 6.75. The molecule has 9 heteroatoms. The minimum atomic E-state index is 0.662. The highest BCUT2D eigenvalue weighted by atomic mass is 16.5. The van der Waals surface area contributed by atoms with Crippen molar-refractivity contribution in [2.75, 3.05) is 31.6 Å². The number of hydrogen-bond acceptors (Lipinski definition) is 7. The van der Waals surface area contributed by atoms with Gasteiger partial charge in [-0.25, -0.2) is 15.0 Å². The van der Waals surface area contributed by atoms with E-state index >= 15 is 0 Å². The molecule has 0 bridgehead atoms. The highest BCUT2D eigenvalue weighted by Crippen LogP contribution is 2.24. The summed E-state index contributed by atoms with van der Waals surface area (Å²) in [5.74, 6) is 1.60. The number of likely N-dealkylation sites (tertiary alicyclic amines) is 1. The molecule has 1 saturated heterocycles. The second-order valence-corrected chi connectivity index (χ2v) is 9.37. The summed E-state index contributed by atoms with van der Waals surface area (Å²) < 4.78 is 9.82. The summed E-state index contributed by atoms with van der Waals surface area (Å²) >= 11 is 0. The minimum Gasteiger partial charge on any atom is -0.492 e. The van der Waals surface area contributed by atoms with Gasteiger partial charge in [0.2, 0.25) is 0 Å². The highest BCUT2D eigenvalue weighted by molar-refractivity contribution is 5.64. The van der Waals surface area contributed by atoms with Crippen molar-refractivity contribution in [2.24, 2.45) is 7.05 Å². The van der Waals surface area contributed by atoms with Gasteiger partial charge in [0.1, 0.15) is 30.1 Å². The minimum absolute atomic E-state index is 0.662. The van der Waals surface area contributed by atoms with Gasteiger partial charge in [0.15, 0.2) is 0 Å². The maximum absolute atomic E-state index is 5.98. The molecule has 6 rings (SSSR count). The van der Waals surface area contributed by atoms with Crippen molar-refractivity contribution in [3.05, 3.63) is 79.1 Å². The molecule has 5 aromatic rings. The predicted octanol–water partition coefficient (Wildman–Crippen LogP) is 4.28. The van der Waals surface area contributed by atoms with Crippen LogP contribution in [0.2, 0.25) is 0 Å². The van der Waals surface area contributed by atoms with Crippen LogP contribution in [0.4, 0.5) is 5.82 Å². The maximum atomic E-state index is 5.98. The molecule has 1 aliphatic heterocycles. The average molecular weight is 495 g/mol. The maximum Gasteiger partial charge on any atom is 0.140 e. The largest absolute Gasteiger partial charge is 0.492 e. The van der Waals surface area contributed by atoms with Crippen LogP contribution in [0, 0.1) is 0 Å². The molecule has 5 heterocycles. The van der Waals surface area contributed by atoms with Gasteiger partial charge in [-0.2, -0.15) is 5.10 Å². The van der Waals surface area contributed by atoms with Gasteiger partial charge in [-0.1, -0.05) is 24.3 Å². The summed E-state index contributed by atoms with van der Waals surface area (Å²) in [5, 5.41) is 7.65. The van der Waals surface area contributed by atoms with E-state index in [2.05, 4.69) is 54.5 Å². The number of hydrogen-bond donors (Lipinski definition) is 1. The Balaban J connectivity index is 1.10. The van der Waals surface area contributed by atoms with E-state index in [-0.39, 0.29) is 0 Å². The molecular formula is C28H30N8O. The van der Waals surface area contributed by atoms with E-state index in [9.17, 15) is 0 Å². The number of anilines is 1. The molecule has 1 fully saturated rings. The van der Waals surface area contributed by atoms with Crippen LogP contribution in [0.3, 0.4) is 0 Å². The molecule has 0 saturated carbocycles. The SMILES string of the molecule is Cn1cc(-c2ccc(CNc3cc(-c4cnc5cc(OCCN6CCCC6)ccn45)ncn3)cc2)cn1. The fourth-order valence-corrected chi connectivity index (χ4v) is 4.71. The summed E-state index contributed by atoms with van der Waals surface area (Å²) in [5.41, 5.74) is 5.96. The Morgan fingerprint density at radius 3 is 2.62 bits per heavy atom. The van der Waals surface area contributed by atoms with Gasteiger partial charge in [0.25, 0.3) is 0 Å². The number of benzene rings is 1. The molecule has 1 N–H and O–H groups in total. The van der Waals surface area contributed by atoms with Crippen molar-refractivity contribution in [3.63, 3.8) is 0 Å². The lowest BCUT2D eigenvalue weighted by Crippen LogP contribution is -2.25. The van der Waals surface area contributed by atoms with Crippen molar-refractivity contribution < 1.29 is 4.74 Å². The molecule has 37 heavy (non-hydrogen) atoms. The number of aryl methyl sites for hydroxylation is 1. The summed E-state index contributed by atoms with van der Waals surface area (Å²) in [4.78, 5) is 15.9. The highest BCUT2D eigenvalue weighted by Gasteiger charge is 2.12. The lowest BCUT2D eigenvalue weighted by atomic mass is 10.1. The molecule has 1 aromatic carbocycles. The third-order valence-electron chi connectivity index (χ3n) is 6.75. The molecular weight excluding hydrogens is 464 g/mol. The Kier molecular flexibility index (Phi) is 6.51. The fourth-order valence-electron chi connectivity index (χ4n) is 4.71. The van der Waals surface area contributed by atoms with Crippen LogP contribution in [0.5, 0.6) is 5.75 Å². The first-order chi connectivity index (χ1) is 18.2. The predicted molar refractivity (Wildman–Crippen MR) is 143 cm³/mol. The summed E-state index contributed by atoms with van der Waals surface area (Å²) in [6.07, 6.45) is 11.9. The first kappa shape index (κ1) is 23.2. The van der Waals surface area contributed by atoms with Crippen LogP contribution in [0.1, 0.15) is 18.4 Å². The van der Waals surface area contributed by atoms with Crippen LogP contribution in [0.15, 0.2) is 73.6 Å². The van der Waals surface area contributed by atoms with E-state index in [1.807, 2.05) is 59.1 Å². The number of ether oxygens (including phenoxy) is 1. The zero-order valence-corrected chi connectivity index (χ0v) is 20.9. The Labute approximate surface area is 215 Å². The molecule has 9 nitrogen and oxygen atoms in total. The quantitative estimate of drug-likeness (QED) is 0.327. The molecule has 0 amide bonds. The van der Waals surface area contributed by atoms with Crippen molar-refractivity contribution >= 4 is 11.5 Å². The van der Waals surface area contributed by atoms with E-state index < -0.39 is 0 Å². The topological polar surface area (TPSA) is 85.4 Å². The number of aromatic nitrogens is 6. The standard InChI is InChI=1S/C28H30N8O/c1-34-19-23(17-33-34)22-6-4-21(5-7-22)16-29-27-15-25(31-20-32-27)26-18-30-28-14-24(8-11-36(26)28)37-13-12-35-9-2-3-10-35/h4-8,11,14-15,17-20H,2-3,9-10,12-13,16H2,1H3,(H,29,31,32). The first-order valence-electron chi connectivity index (χ1n) is 12.7. The number of imidazole rings is 1. The Bertz CT molecular complexity index is 1480. The lowest BCUT2D eigenvalue weighted by molar-refractivity contribution is 0.238. The van der Waals surface area contributed by atoms with E-state index in [0.29, 0.717) is 13.2 Å². The molecule has 0 unspecified atom stereocenters. The second-order valence-electron chi connectivity index (χ2n) is 9.37. The second kappa shape index (κ2) is 10.4. The smallest absolute Gasteiger partial charge is 0.140 e. The van der Waals surface area contributed by atoms with Gasteiger partial charge in [-0.15, -0.1) is 0 Å². The number of fused-ring (bicyclic) bond motifs is 1. The van der Waals surface area contributed by atoms with Gasteiger partial charge >= 0.3 is 0 Å². The van der Waals surface area contributed by atoms with Crippen molar-refractivity contribution in [1.82, 2.24) is 34.0 Å². The van der Waals surface area contributed by atoms with Crippen LogP contribution >= 0.6 is 0 Å². The lowest BCUT2D eigenvalue weighted by Gasteiger charge is -2.15. The van der Waals surface area contributed by atoms with Crippen LogP contribution in [-0.4, -0.2) is 60.3 Å². The van der Waals surface area contributed by atoms with Gasteiger partial charge in [-0.3, -0.25) is 14.0 Å².